The molecule has 2 aromatic carbocycles. The lowest BCUT2D eigenvalue weighted by atomic mass is 10.0. The van der Waals surface area contributed by atoms with E-state index in [-0.39, 0.29) is 16.8 Å². The number of benzene rings is 2. The highest BCUT2D eigenvalue weighted by atomic mass is 32.2. The molecule has 0 saturated carbocycles. The molecule has 7 heteroatoms. The monoisotopic (exact) mass is 429 g/mol. The van der Waals surface area contributed by atoms with E-state index in [0.717, 1.165) is 50.1 Å². The van der Waals surface area contributed by atoms with Crippen molar-refractivity contribution in [2.24, 2.45) is 5.14 Å². The highest BCUT2D eigenvalue weighted by Crippen LogP contribution is 2.25. The number of anilines is 1. The number of carbonyl (C=O) groups excluding carboxylic acids is 1. The summed E-state index contributed by atoms with van der Waals surface area (Å²) in [7, 11) is -3.65. The van der Waals surface area contributed by atoms with E-state index in [9.17, 15) is 13.2 Å². The van der Waals surface area contributed by atoms with Gasteiger partial charge in [-0.3, -0.25) is 4.79 Å². The van der Waals surface area contributed by atoms with Gasteiger partial charge in [-0.15, -0.1) is 0 Å². The van der Waals surface area contributed by atoms with Crippen LogP contribution in [-0.4, -0.2) is 44.9 Å². The largest absolute Gasteiger partial charge is 0.309 e. The fourth-order valence-electron chi connectivity index (χ4n) is 3.97. The van der Waals surface area contributed by atoms with Gasteiger partial charge in [0.1, 0.15) is 0 Å². The van der Waals surface area contributed by atoms with Crippen molar-refractivity contribution in [2.75, 3.05) is 24.5 Å². The summed E-state index contributed by atoms with van der Waals surface area (Å²) in [6.45, 7) is 6.77. The Labute approximate surface area is 179 Å². The second-order valence-electron chi connectivity index (χ2n) is 7.96. The third kappa shape index (κ3) is 5.68. The Morgan fingerprint density at radius 3 is 2.20 bits per heavy atom. The molecule has 0 atom stereocenters. The first-order valence-electron chi connectivity index (χ1n) is 10.5. The normalized spacial score (nSPS) is 15.8. The van der Waals surface area contributed by atoms with Gasteiger partial charge in [-0.25, -0.2) is 13.6 Å². The Balaban J connectivity index is 1.56. The highest BCUT2D eigenvalue weighted by molar-refractivity contribution is 7.89. The Morgan fingerprint density at radius 2 is 1.67 bits per heavy atom. The summed E-state index contributed by atoms with van der Waals surface area (Å²) in [5, 5.41) is 5.15. The molecular weight excluding hydrogens is 398 g/mol. The van der Waals surface area contributed by atoms with E-state index in [1.54, 1.807) is 12.1 Å². The van der Waals surface area contributed by atoms with Crippen molar-refractivity contribution >= 4 is 21.6 Å². The lowest BCUT2D eigenvalue weighted by Gasteiger charge is -2.38. The van der Waals surface area contributed by atoms with Crippen LogP contribution >= 0.6 is 0 Å². The lowest BCUT2D eigenvalue weighted by Crippen LogP contribution is -2.47. The quantitative estimate of drug-likeness (QED) is 0.733. The van der Waals surface area contributed by atoms with E-state index in [4.69, 9.17) is 5.14 Å². The summed E-state index contributed by atoms with van der Waals surface area (Å²) in [6, 6.07) is 15.2. The number of nitrogens with zero attached hydrogens (tertiary/aromatic N) is 2. The second kappa shape index (κ2) is 9.73. The van der Waals surface area contributed by atoms with Crippen LogP contribution in [0.5, 0.6) is 0 Å². The van der Waals surface area contributed by atoms with Crippen LogP contribution in [0.1, 0.15) is 37.3 Å². The number of hydrogen-bond acceptors (Lipinski definition) is 4. The molecule has 0 bridgehead atoms. The van der Waals surface area contributed by atoms with E-state index in [1.807, 2.05) is 36.1 Å². The number of nitrogens with two attached hydrogens (primary N) is 1. The van der Waals surface area contributed by atoms with Crippen LogP contribution in [0.3, 0.4) is 0 Å². The Bertz CT molecular complexity index is 948. The molecule has 0 aliphatic carbocycles. The first-order chi connectivity index (χ1) is 14.3. The summed E-state index contributed by atoms with van der Waals surface area (Å²) < 4.78 is 22.7. The van der Waals surface area contributed by atoms with E-state index < -0.39 is 10.0 Å². The molecule has 3 rings (SSSR count). The Hall–Kier alpha value is -2.22. The van der Waals surface area contributed by atoms with Gasteiger partial charge in [0, 0.05) is 37.8 Å². The molecule has 1 aliphatic heterocycles. The van der Waals surface area contributed by atoms with E-state index >= 15 is 0 Å². The number of aryl methyl sites for hydroxylation is 1. The second-order valence-corrected chi connectivity index (χ2v) is 9.53. The predicted octanol–water partition coefficient (Wildman–Crippen LogP) is 3.09. The number of rotatable bonds is 7. The average molecular weight is 430 g/mol. The number of primary sulfonamides is 1. The molecule has 30 heavy (non-hydrogen) atoms. The molecule has 0 aromatic heterocycles. The molecule has 6 nitrogen and oxygen atoms in total. The first kappa shape index (κ1) is 22.5. The van der Waals surface area contributed by atoms with Crippen molar-refractivity contribution < 1.29 is 13.2 Å². The molecule has 1 heterocycles. The van der Waals surface area contributed by atoms with E-state index in [2.05, 4.69) is 24.0 Å². The first-order valence-corrected chi connectivity index (χ1v) is 12.1. The molecule has 2 aromatic rings. The van der Waals surface area contributed by atoms with Crippen LogP contribution in [-0.2, 0) is 21.2 Å². The van der Waals surface area contributed by atoms with Gasteiger partial charge in [-0.2, -0.15) is 0 Å². The van der Waals surface area contributed by atoms with Crippen molar-refractivity contribution in [3.8, 4) is 0 Å². The molecule has 1 fully saturated rings. The Kier molecular flexibility index (Phi) is 7.28. The SMILES string of the molecule is CCC(=O)N(c1ccc(C)cc1)C1CCN(CCc2ccc(S(N)(=O)=O)cc2)CC1. The fourth-order valence-corrected chi connectivity index (χ4v) is 4.48. The van der Waals surface area contributed by atoms with Gasteiger partial charge >= 0.3 is 0 Å². The maximum atomic E-state index is 12.6. The van der Waals surface area contributed by atoms with Crippen molar-refractivity contribution in [2.45, 2.75) is 50.5 Å². The smallest absolute Gasteiger partial charge is 0.238 e. The van der Waals surface area contributed by atoms with Gasteiger partial charge in [0.15, 0.2) is 0 Å². The van der Waals surface area contributed by atoms with Crippen LogP contribution in [0.4, 0.5) is 5.69 Å². The average Bonchev–Trinajstić information content (AvgIpc) is 2.74. The minimum absolute atomic E-state index is 0.142. The van der Waals surface area contributed by atoms with Gasteiger partial charge in [0.25, 0.3) is 0 Å². The molecule has 162 valence electrons. The van der Waals surface area contributed by atoms with Crippen LogP contribution in [0.2, 0.25) is 0 Å². The number of likely N-dealkylation sites (tertiary alicyclic amines) is 1. The minimum atomic E-state index is -3.65. The van der Waals surface area contributed by atoms with Crippen LogP contribution in [0, 0.1) is 6.92 Å². The zero-order valence-corrected chi connectivity index (χ0v) is 18.6. The van der Waals surface area contributed by atoms with Crippen LogP contribution in [0.15, 0.2) is 53.4 Å². The summed E-state index contributed by atoms with van der Waals surface area (Å²) in [6.07, 6.45) is 3.25. The van der Waals surface area contributed by atoms with Crippen LogP contribution in [0.25, 0.3) is 0 Å². The van der Waals surface area contributed by atoms with Gasteiger partial charge in [-0.1, -0.05) is 36.8 Å². The lowest BCUT2D eigenvalue weighted by molar-refractivity contribution is -0.119. The molecule has 0 radical (unpaired) electrons. The maximum absolute atomic E-state index is 12.6. The van der Waals surface area contributed by atoms with Crippen molar-refractivity contribution in [1.29, 1.82) is 0 Å². The molecular formula is C23H31N3O3S. The number of amides is 1. The molecule has 1 aliphatic rings. The number of sulfonamides is 1. The Morgan fingerprint density at radius 1 is 1.07 bits per heavy atom. The van der Waals surface area contributed by atoms with Gasteiger partial charge in [0.05, 0.1) is 4.90 Å². The maximum Gasteiger partial charge on any atom is 0.238 e. The topological polar surface area (TPSA) is 83.7 Å². The van der Waals surface area contributed by atoms with Crippen LogP contribution < -0.4 is 10.0 Å². The highest BCUT2D eigenvalue weighted by Gasteiger charge is 2.28. The molecule has 0 unspecified atom stereocenters. The minimum Gasteiger partial charge on any atom is -0.309 e. The summed E-state index contributed by atoms with van der Waals surface area (Å²) in [5.41, 5.74) is 3.27. The van der Waals surface area contributed by atoms with Crippen molar-refractivity contribution in [1.82, 2.24) is 4.90 Å². The zero-order valence-electron chi connectivity index (χ0n) is 17.8. The zero-order chi connectivity index (χ0) is 21.7. The van der Waals surface area contributed by atoms with Crippen molar-refractivity contribution in [3.63, 3.8) is 0 Å². The standard InChI is InChI=1S/C23H31N3O3S/c1-3-23(27)26(20-8-4-18(2)5-9-20)21-13-16-25(17-14-21)15-12-19-6-10-22(11-7-19)30(24,28)29/h4-11,21H,3,12-17H2,1-2H3,(H2,24,28,29). The number of hydrogen-bond donors (Lipinski definition) is 1. The number of carbonyl (C=O) groups is 1. The van der Waals surface area contributed by atoms with E-state index in [0.29, 0.717) is 6.42 Å². The van der Waals surface area contributed by atoms with Crippen molar-refractivity contribution in [3.05, 3.63) is 59.7 Å². The summed E-state index contributed by atoms with van der Waals surface area (Å²) in [4.78, 5) is 17.2. The molecule has 1 amide bonds. The molecule has 1 saturated heterocycles. The predicted molar refractivity (Wildman–Crippen MR) is 120 cm³/mol. The van der Waals surface area contributed by atoms with Gasteiger partial charge in [-0.05, 0) is 56.0 Å². The fraction of sp³-hybridized carbons (Fsp3) is 0.435. The molecule has 0 spiro atoms. The molecule has 2 N–H and O–H groups in total. The summed E-state index contributed by atoms with van der Waals surface area (Å²) in [5.74, 6) is 0.173. The summed E-state index contributed by atoms with van der Waals surface area (Å²) >= 11 is 0. The van der Waals surface area contributed by atoms with Gasteiger partial charge < -0.3 is 9.80 Å². The third-order valence-electron chi connectivity index (χ3n) is 5.77. The van der Waals surface area contributed by atoms with Gasteiger partial charge in [0.2, 0.25) is 15.9 Å². The third-order valence-corrected chi connectivity index (χ3v) is 6.70. The number of piperidine rings is 1. The van der Waals surface area contributed by atoms with E-state index in [1.165, 1.54) is 5.56 Å².